The highest BCUT2D eigenvalue weighted by Crippen LogP contribution is 2.21. The zero-order chi connectivity index (χ0) is 27.6. The van der Waals surface area contributed by atoms with Gasteiger partial charge in [-0.3, -0.25) is 14.6 Å². The second-order valence-electron chi connectivity index (χ2n) is 7.66. The third-order valence-electron chi connectivity index (χ3n) is 4.95. The molecule has 11 heteroatoms. The average molecular weight is 525 g/mol. The minimum absolute atomic E-state index is 0.0694. The maximum Gasteiger partial charge on any atom is 0.270 e. The van der Waals surface area contributed by atoms with Crippen LogP contribution < -0.4 is 20.7 Å². The summed E-state index contributed by atoms with van der Waals surface area (Å²) in [6, 6.07) is 6.98. The van der Waals surface area contributed by atoms with Crippen LogP contribution in [0.15, 0.2) is 36.5 Å². The number of methoxy groups -OCH3 is 1. The van der Waals surface area contributed by atoms with Crippen molar-refractivity contribution in [3.63, 3.8) is 0 Å². The van der Waals surface area contributed by atoms with E-state index in [2.05, 4.69) is 25.7 Å². The maximum atomic E-state index is 12.5. The molecule has 2 heterocycles. The van der Waals surface area contributed by atoms with Gasteiger partial charge in [0, 0.05) is 25.0 Å². The third-order valence-corrected chi connectivity index (χ3v) is 4.95. The molecule has 3 N–H and O–H groups in total. The summed E-state index contributed by atoms with van der Waals surface area (Å²) in [5.74, 6) is -2.40. The largest absolute Gasteiger partial charge is 0.494 e. The van der Waals surface area contributed by atoms with Gasteiger partial charge in [-0.1, -0.05) is 19.9 Å². The Morgan fingerprint density at radius 1 is 1.14 bits per heavy atom. The lowest BCUT2D eigenvalue weighted by Gasteiger charge is -2.12. The molecule has 1 fully saturated rings. The minimum atomic E-state index is -0.940. The van der Waals surface area contributed by atoms with Gasteiger partial charge in [0.05, 0.1) is 26.4 Å². The molecule has 2 aromatic rings. The first-order valence-corrected chi connectivity index (χ1v) is 12.3. The van der Waals surface area contributed by atoms with E-state index in [0.717, 1.165) is 19.0 Å². The van der Waals surface area contributed by atoms with Crippen molar-refractivity contribution in [2.24, 2.45) is 0 Å². The van der Waals surface area contributed by atoms with E-state index >= 15 is 0 Å². The van der Waals surface area contributed by atoms with Gasteiger partial charge in [-0.2, -0.15) is 4.39 Å². The van der Waals surface area contributed by atoms with E-state index in [4.69, 9.17) is 9.47 Å². The summed E-state index contributed by atoms with van der Waals surface area (Å²) in [6.07, 6.45) is 2.74. The minimum Gasteiger partial charge on any atom is -0.494 e. The highest BCUT2D eigenvalue weighted by atomic mass is 19.2. The van der Waals surface area contributed by atoms with Crippen LogP contribution in [0.2, 0.25) is 0 Å². The Hall–Kier alpha value is -3.15. The smallest absolute Gasteiger partial charge is 0.270 e. The first kappa shape index (κ1) is 31.9. The fourth-order valence-corrected chi connectivity index (χ4v) is 3.10. The molecular weight excluding hydrogens is 486 g/mol. The van der Waals surface area contributed by atoms with Crippen LogP contribution in [0.25, 0.3) is 0 Å². The van der Waals surface area contributed by atoms with Crippen molar-refractivity contribution < 1.29 is 32.6 Å². The zero-order valence-corrected chi connectivity index (χ0v) is 22.1. The number of rotatable bonds is 10. The summed E-state index contributed by atoms with van der Waals surface area (Å²) >= 11 is 0. The summed E-state index contributed by atoms with van der Waals surface area (Å²) in [6.45, 7) is 8.13. The normalized spacial score (nSPS) is 16.0. The van der Waals surface area contributed by atoms with E-state index in [0.29, 0.717) is 31.9 Å². The van der Waals surface area contributed by atoms with Gasteiger partial charge in [-0.05, 0) is 51.1 Å². The number of nitrogens with zero attached hydrogens (tertiary/aromatic N) is 1. The fraction of sp³-hybridized carbons (Fsp3) is 0.500. The van der Waals surface area contributed by atoms with Crippen LogP contribution in [0.5, 0.6) is 5.75 Å². The number of hydrogen-bond acceptors (Lipinski definition) is 7. The Kier molecular flexibility index (Phi) is 15.6. The van der Waals surface area contributed by atoms with E-state index in [1.54, 1.807) is 12.1 Å². The topological polar surface area (TPSA) is 111 Å². The Balaban J connectivity index is 0.000000475. The van der Waals surface area contributed by atoms with Crippen molar-refractivity contribution in [3.05, 3.63) is 53.9 Å². The van der Waals surface area contributed by atoms with Crippen LogP contribution in [-0.4, -0.2) is 69.5 Å². The molecule has 0 saturated carbocycles. The van der Waals surface area contributed by atoms with Gasteiger partial charge < -0.3 is 30.2 Å². The molecule has 37 heavy (non-hydrogen) atoms. The Labute approximate surface area is 217 Å². The summed E-state index contributed by atoms with van der Waals surface area (Å²) in [4.78, 5) is 28.3. The van der Waals surface area contributed by atoms with E-state index in [9.17, 15) is 18.4 Å². The van der Waals surface area contributed by atoms with Crippen molar-refractivity contribution in [2.75, 3.05) is 45.8 Å². The summed E-state index contributed by atoms with van der Waals surface area (Å²) < 4.78 is 40.2. The average Bonchev–Trinajstić information content (AvgIpc) is 3.36. The number of likely N-dealkylation sites (N-methyl/N-ethyl adjacent to an activating group) is 1. The molecular formula is C26H38F2N4O5. The lowest BCUT2D eigenvalue weighted by atomic mass is 10.2. The monoisotopic (exact) mass is 524 g/mol. The second kappa shape index (κ2) is 18.1. The number of nitrogens with one attached hydrogen (secondary N) is 3. The number of anilines is 1. The summed E-state index contributed by atoms with van der Waals surface area (Å²) in [7, 11) is 3.14. The standard InChI is InChI=1S/C17H26N4O4.C7H6F2O.C2H6/c1-12-3-4-15(25-12)17(23)21-13-5-6-19-14(11-13)16(22)20-8-10-24-9-7-18-2;1-10-6-4-2-3-5(8)7(6)9;1-2/h5-6,11-12,15,18H,3-4,7-10H2,1-2H3,(H,20,22)(H,19,21,23);2-4H,1H3;1-2H3/t12?,15-;;/m1../s1. The van der Waals surface area contributed by atoms with Gasteiger partial charge >= 0.3 is 0 Å². The SMILES string of the molecule is CC.CNCCOCCNC(=O)c1cc(NC(=O)[C@H]2CCC(C)O2)ccn1.COc1cccc(F)c1F. The van der Waals surface area contributed by atoms with E-state index in [1.807, 2.05) is 27.8 Å². The molecule has 1 saturated heterocycles. The van der Waals surface area contributed by atoms with E-state index in [-0.39, 0.29) is 29.4 Å². The van der Waals surface area contributed by atoms with E-state index in [1.165, 1.54) is 25.4 Å². The molecule has 0 spiro atoms. The summed E-state index contributed by atoms with van der Waals surface area (Å²) in [5.41, 5.74) is 0.771. The Bertz CT molecular complexity index is 964. The predicted molar refractivity (Wildman–Crippen MR) is 138 cm³/mol. The van der Waals surface area contributed by atoms with Crippen molar-refractivity contribution in [1.29, 1.82) is 0 Å². The predicted octanol–water partition coefficient (Wildman–Crippen LogP) is 3.55. The van der Waals surface area contributed by atoms with Crippen LogP contribution in [0, 0.1) is 11.6 Å². The van der Waals surface area contributed by atoms with Crippen LogP contribution >= 0.6 is 0 Å². The van der Waals surface area contributed by atoms with Crippen LogP contribution in [-0.2, 0) is 14.3 Å². The number of carbonyl (C=O) groups excluding carboxylic acids is 2. The van der Waals surface area contributed by atoms with Crippen LogP contribution in [0.4, 0.5) is 14.5 Å². The number of hydrogen-bond donors (Lipinski definition) is 3. The third kappa shape index (κ3) is 11.6. The molecule has 1 aromatic heterocycles. The first-order chi connectivity index (χ1) is 17.8. The number of benzene rings is 1. The lowest BCUT2D eigenvalue weighted by molar-refractivity contribution is -0.126. The number of amides is 2. The molecule has 1 aliphatic rings. The summed E-state index contributed by atoms with van der Waals surface area (Å²) in [5, 5.41) is 8.48. The highest BCUT2D eigenvalue weighted by Gasteiger charge is 2.28. The second-order valence-corrected chi connectivity index (χ2v) is 7.66. The molecule has 0 bridgehead atoms. The zero-order valence-electron chi connectivity index (χ0n) is 22.1. The number of ether oxygens (including phenoxy) is 3. The maximum absolute atomic E-state index is 12.5. The van der Waals surface area contributed by atoms with Crippen molar-refractivity contribution in [2.45, 2.75) is 45.8 Å². The van der Waals surface area contributed by atoms with Crippen molar-refractivity contribution in [3.8, 4) is 5.75 Å². The molecule has 1 unspecified atom stereocenters. The molecule has 1 aromatic carbocycles. The van der Waals surface area contributed by atoms with Crippen molar-refractivity contribution in [1.82, 2.24) is 15.6 Å². The molecule has 2 amide bonds. The van der Waals surface area contributed by atoms with Gasteiger partial charge in [-0.25, -0.2) is 4.39 Å². The Morgan fingerprint density at radius 3 is 2.49 bits per heavy atom. The lowest BCUT2D eigenvalue weighted by Crippen LogP contribution is -2.29. The molecule has 9 nitrogen and oxygen atoms in total. The van der Waals surface area contributed by atoms with Crippen LogP contribution in [0.1, 0.15) is 44.1 Å². The van der Waals surface area contributed by atoms with Gasteiger partial charge in [-0.15, -0.1) is 0 Å². The van der Waals surface area contributed by atoms with Crippen LogP contribution in [0.3, 0.4) is 0 Å². The molecule has 1 aliphatic heterocycles. The van der Waals surface area contributed by atoms with Gasteiger partial charge in [0.15, 0.2) is 11.6 Å². The fourth-order valence-electron chi connectivity index (χ4n) is 3.10. The molecule has 2 atom stereocenters. The van der Waals surface area contributed by atoms with Gasteiger partial charge in [0.25, 0.3) is 11.8 Å². The molecule has 0 radical (unpaired) electrons. The number of aromatic nitrogens is 1. The van der Waals surface area contributed by atoms with Gasteiger partial charge in [0.1, 0.15) is 11.8 Å². The van der Waals surface area contributed by atoms with E-state index < -0.39 is 17.7 Å². The quantitative estimate of drug-likeness (QED) is 0.408. The van der Waals surface area contributed by atoms with Gasteiger partial charge in [0.2, 0.25) is 5.82 Å². The number of pyridine rings is 1. The highest BCUT2D eigenvalue weighted by molar-refractivity contribution is 5.97. The molecule has 206 valence electrons. The molecule has 3 rings (SSSR count). The number of carbonyl (C=O) groups is 2. The Morgan fingerprint density at radius 2 is 1.86 bits per heavy atom. The first-order valence-electron chi connectivity index (χ1n) is 12.3. The van der Waals surface area contributed by atoms with Crippen molar-refractivity contribution >= 4 is 17.5 Å². The number of halogens is 2. The molecule has 0 aliphatic carbocycles.